The Balaban J connectivity index is 2.35. The van der Waals surface area contributed by atoms with E-state index >= 15 is 0 Å². The molecule has 102 valence electrons. The summed E-state index contributed by atoms with van der Waals surface area (Å²) in [6.45, 7) is 8.82. The van der Waals surface area contributed by atoms with E-state index in [1.807, 2.05) is 6.20 Å². The maximum atomic E-state index is 4.64. The van der Waals surface area contributed by atoms with Crippen LogP contribution in [0.4, 0.5) is 5.82 Å². The summed E-state index contributed by atoms with van der Waals surface area (Å²) in [5, 5.41) is 5.61. The second kappa shape index (κ2) is 6.20. The molecule has 0 aliphatic carbocycles. The fourth-order valence-corrected chi connectivity index (χ4v) is 2.66. The number of nitrogens with zero attached hydrogens (tertiary/aromatic N) is 1. The average Bonchev–Trinajstić information content (AvgIpc) is 2.92. The van der Waals surface area contributed by atoms with Crippen molar-refractivity contribution in [3.63, 3.8) is 0 Å². The molecule has 2 aromatic rings. The van der Waals surface area contributed by atoms with E-state index in [4.69, 9.17) is 0 Å². The maximum absolute atomic E-state index is 4.64. The largest absolute Gasteiger partial charge is 0.367 e. The van der Waals surface area contributed by atoms with Gasteiger partial charge in [-0.05, 0) is 42.3 Å². The van der Waals surface area contributed by atoms with Crippen molar-refractivity contribution >= 4 is 17.2 Å². The molecular weight excluding hydrogens is 252 g/mol. The van der Waals surface area contributed by atoms with Crippen molar-refractivity contribution in [2.24, 2.45) is 0 Å². The molecule has 1 N–H and O–H groups in total. The van der Waals surface area contributed by atoms with E-state index in [0.717, 1.165) is 12.2 Å². The zero-order valence-corrected chi connectivity index (χ0v) is 12.9. The Hall–Kier alpha value is -1.35. The molecule has 0 aliphatic rings. The van der Waals surface area contributed by atoms with E-state index in [2.05, 4.69) is 61.6 Å². The van der Waals surface area contributed by atoms with E-state index in [0.29, 0.717) is 12.0 Å². The molecular formula is C16H22N2S. The first kappa shape index (κ1) is 14.1. The third kappa shape index (κ3) is 3.35. The molecule has 2 nitrogen and oxygen atoms in total. The molecule has 0 bridgehead atoms. The molecule has 1 atom stereocenters. The summed E-state index contributed by atoms with van der Waals surface area (Å²) < 4.78 is 0. The lowest BCUT2D eigenvalue weighted by Gasteiger charge is -2.18. The highest BCUT2D eigenvalue weighted by Crippen LogP contribution is 2.30. The topological polar surface area (TPSA) is 24.9 Å². The van der Waals surface area contributed by atoms with Crippen LogP contribution in [0.2, 0.25) is 0 Å². The van der Waals surface area contributed by atoms with E-state index in [-0.39, 0.29) is 0 Å². The van der Waals surface area contributed by atoms with Gasteiger partial charge in [-0.3, -0.25) is 0 Å². The number of pyridine rings is 1. The van der Waals surface area contributed by atoms with Crippen LogP contribution in [0.3, 0.4) is 0 Å². The smallest absolute Gasteiger partial charge is 0.129 e. The number of thiophene rings is 1. The highest BCUT2D eigenvalue weighted by atomic mass is 32.1. The van der Waals surface area contributed by atoms with Gasteiger partial charge in [0.05, 0.1) is 0 Å². The van der Waals surface area contributed by atoms with Crippen LogP contribution in [0.1, 0.15) is 45.6 Å². The molecule has 0 amide bonds. The highest BCUT2D eigenvalue weighted by Gasteiger charge is 2.12. The lowest BCUT2D eigenvalue weighted by Crippen LogP contribution is -2.16. The van der Waals surface area contributed by atoms with Crippen molar-refractivity contribution < 1.29 is 0 Å². The summed E-state index contributed by atoms with van der Waals surface area (Å²) in [5.41, 5.74) is 2.51. The lowest BCUT2D eigenvalue weighted by molar-refractivity contribution is 0.751. The van der Waals surface area contributed by atoms with Crippen molar-refractivity contribution in [1.82, 2.24) is 4.98 Å². The lowest BCUT2D eigenvalue weighted by atomic mass is 10.0. The number of aromatic nitrogens is 1. The van der Waals surface area contributed by atoms with Gasteiger partial charge in [-0.1, -0.05) is 26.8 Å². The Bertz CT molecular complexity index is 518. The summed E-state index contributed by atoms with van der Waals surface area (Å²) in [6, 6.07) is 6.96. The maximum Gasteiger partial charge on any atom is 0.129 e. The number of anilines is 1. The molecule has 2 rings (SSSR count). The van der Waals surface area contributed by atoms with Gasteiger partial charge < -0.3 is 5.32 Å². The second-order valence-corrected chi connectivity index (χ2v) is 6.20. The van der Waals surface area contributed by atoms with Crippen LogP contribution in [-0.2, 0) is 0 Å². The summed E-state index contributed by atoms with van der Waals surface area (Å²) in [6.07, 6.45) is 3.08. The first-order valence-corrected chi connectivity index (χ1v) is 7.80. The van der Waals surface area contributed by atoms with Gasteiger partial charge in [-0.15, -0.1) is 11.3 Å². The molecule has 0 radical (unpaired) electrons. The van der Waals surface area contributed by atoms with E-state index in [9.17, 15) is 0 Å². The van der Waals surface area contributed by atoms with Gasteiger partial charge in [0.25, 0.3) is 0 Å². The Morgan fingerprint density at radius 3 is 2.68 bits per heavy atom. The zero-order valence-electron chi connectivity index (χ0n) is 12.1. The minimum Gasteiger partial charge on any atom is -0.367 e. The summed E-state index contributed by atoms with van der Waals surface area (Å²) in [4.78, 5) is 5.92. The van der Waals surface area contributed by atoms with Gasteiger partial charge in [0, 0.05) is 22.7 Å². The minimum atomic E-state index is 0.456. The van der Waals surface area contributed by atoms with Gasteiger partial charge in [0.15, 0.2) is 0 Å². The standard InChI is InChI=1S/C16H22N2S/c1-5-12(4)18-16-14(11(2)3)9-13(10-17-16)15-7-6-8-19-15/h6-12H,5H2,1-4H3,(H,17,18). The molecule has 3 heteroatoms. The van der Waals surface area contributed by atoms with Gasteiger partial charge in [0.2, 0.25) is 0 Å². The Morgan fingerprint density at radius 1 is 1.32 bits per heavy atom. The van der Waals surface area contributed by atoms with Gasteiger partial charge in [-0.2, -0.15) is 0 Å². The predicted octanol–water partition coefficient (Wildman–Crippen LogP) is 5.14. The summed E-state index contributed by atoms with van der Waals surface area (Å²) in [5.74, 6) is 1.50. The third-order valence-corrected chi connectivity index (χ3v) is 4.26. The molecule has 2 heterocycles. The molecule has 19 heavy (non-hydrogen) atoms. The molecule has 0 fully saturated rings. The zero-order chi connectivity index (χ0) is 13.8. The van der Waals surface area contributed by atoms with Crippen LogP contribution < -0.4 is 5.32 Å². The van der Waals surface area contributed by atoms with Crippen LogP contribution >= 0.6 is 11.3 Å². The van der Waals surface area contributed by atoms with Crippen LogP contribution in [0.25, 0.3) is 10.4 Å². The van der Waals surface area contributed by atoms with Crippen molar-refractivity contribution in [2.45, 2.75) is 46.1 Å². The van der Waals surface area contributed by atoms with Crippen molar-refractivity contribution in [1.29, 1.82) is 0 Å². The first-order chi connectivity index (χ1) is 9.11. The Labute approximate surface area is 119 Å². The van der Waals surface area contributed by atoms with Crippen molar-refractivity contribution in [2.75, 3.05) is 5.32 Å². The number of rotatable bonds is 5. The van der Waals surface area contributed by atoms with Gasteiger partial charge in [-0.25, -0.2) is 4.98 Å². The molecule has 1 unspecified atom stereocenters. The molecule has 0 saturated heterocycles. The van der Waals surface area contributed by atoms with Crippen LogP contribution in [0.5, 0.6) is 0 Å². The van der Waals surface area contributed by atoms with E-state index in [1.54, 1.807) is 11.3 Å². The second-order valence-electron chi connectivity index (χ2n) is 5.25. The summed E-state index contributed by atoms with van der Waals surface area (Å²) in [7, 11) is 0. The fraction of sp³-hybridized carbons (Fsp3) is 0.438. The molecule has 0 saturated carbocycles. The predicted molar refractivity (Wildman–Crippen MR) is 85.0 cm³/mol. The minimum absolute atomic E-state index is 0.456. The number of hydrogen-bond acceptors (Lipinski definition) is 3. The normalized spacial score (nSPS) is 12.7. The number of nitrogens with one attached hydrogen (secondary N) is 1. The Kier molecular flexibility index (Phi) is 4.59. The first-order valence-electron chi connectivity index (χ1n) is 6.92. The van der Waals surface area contributed by atoms with Gasteiger partial charge >= 0.3 is 0 Å². The summed E-state index contributed by atoms with van der Waals surface area (Å²) >= 11 is 1.76. The van der Waals surface area contributed by atoms with E-state index in [1.165, 1.54) is 16.0 Å². The number of hydrogen-bond donors (Lipinski definition) is 1. The molecule has 2 aromatic heterocycles. The van der Waals surface area contributed by atoms with Gasteiger partial charge in [0.1, 0.15) is 5.82 Å². The third-order valence-electron chi connectivity index (χ3n) is 3.34. The van der Waals surface area contributed by atoms with Crippen LogP contribution in [0.15, 0.2) is 29.8 Å². The monoisotopic (exact) mass is 274 g/mol. The quantitative estimate of drug-likeness (QED) is 0.816. The van der Waals surface area contributed by atoms with E-state index < -0.39 is 0 Å². The van der Waals surface area contributed by atoms with Crippen molar-refractivity contribution in [3.8, 4) is 10.4 Å². The van der Waals surface area contributed by atoms with Crippen LogP contribution in [0, 0.1) is 0 Å². The highest BCUT2D eigenvalue weighted by molar-refractivity contribution is 7.13. The van der Waals surface area contributed by atoms with Crippen molar-refractivity contribution in [3.05, 3.63) is 35.3 Å². The molecule has 0 aliphatic heterocycles. The SMILES string of the molecule is CCC(C)Nc1ncc(-c2cccs2)cc1C(C)C. The molecule has 0 aromatic carbocycles. The van der Waals surface area contributed by atoms with Crippen LogP contribution in [-0.4, -0.2) is 11.0 Å². The average molecular weight is 274 g/mol. The fourth-order valence-electron chi connectivity index (χ4n) is 1.96. The Morgan fingerprint density at radius 2 is 2.11 bits per heavy atom. The molecule has 0 spiro atoms.